The van der Waals surface area contributed by atoms with Crippen molar-refractivity contribution in [3.05, 3.63) is 28.2 Å². The van der Waals surface area contributed by atoms with Gasteiger partial charge in [-0.25, -0.2) is 9.69 Å². The smallest absolute Gasteiger partial charge is 0.332 e. The largest absolute Gasteiger partial charge is 0.469 e. The SMILES string of the molecule is COC(=O)[C@H]1CCN2C(=O)N(c3cc(Cl)ccc3Cl)C(=O)[C@@H]2C1. The second kappa shape index (κ2) is 6.02. The highest BCUT2D eigenvalue weighted by Crippen LogP contribution is 2.37. The lowest BCUT2D eigenvalue weighted by Crippen LogP contribution is -2.44. The average Bonchev–Trinajstić information content (AvgIpc) is 2.80. The minimum absolute atomic E-state index is 0.256. The lowest BCUT2D eigenvalue weighted by atomic mass is 9.91. The maximum absolute atomic E-state index is 12.7. The van der Waals surface area contributed by atoms with Gasteiger partial charge in [-0.15, -0.1) is 0 Å². The number of hydrogen-bond donors (Lipinski definition) is 0. The van der Waals surface area contributed by atoms with Gasteiger partial charge in [0.05, 0.1) is 23.7 Å². The van der Waals surface area contributed by atoms with Crippen LogP contribution in [0.3, 0.4) is 0 Å². The van der Waals surface area contributed by atoms with Gasteiger partial charge >= 0.3 is 12.0 Å². The summed E-state index contributed by atoms with van der Waals surface area (Å²) in [7, 11) is 1.31. The summed E-state index contributed by atoms with van der Waals surface area (Å²) >= 11 is 12.1. The van der Waals surface area contributed by atoms with Crippen molar-refractivity contribution in [3.63, 3.8) is 0 Å². The number of esters is 1. The highest BCUT2D eigenvalue weighted by molar-refractivity contribution is 6.37. The maximum atomic E-state index is 12.7. The van der Waals surface area contributed by atoms with E-state index in [-0.39, 0.29) is 29.0 Å². The molecule has 1 aromatic carbocycles. The van der Waals surface area contributed by atoms with Gasteiger partial charge in [0, 0.05) is 11.6 Å². The fraction of sp³-hybridized carbons (Fsp3) is 0.400. The Hall–Kier alpha value is -1.79. The van der Waals surface area contributed by atoms with Gasteiger partial charge in [0.15, 0.2) is 0 Å². The van der Waals surface area contributed by atoms with Crippen molar-refractivity contribution < 1.29 is 19.1 Å². The van der Waals surface area contributed by atoms with Crippen molar-refractivity contribution in [1.29, 1.82) is 0 Å². The number of hydrogen-bond acceptors (Lipinski definition) is 4. The van der Waals surface area contributed by atoms with Gasteiger partial charge in [0.25, 0.3) is 5.91 Å². The predicted molar refractivity (Wildman–Crippen MR) is 84.6 cm³/mol. The van der Waals surface area contributed by atoms with Gasteiger partial charge in [0.2, 0.25) is 0 Å². The second-order valence-electron chi connectivity index (χ2n) is 5.51. The lowest BCUT2D eigenvalue weighted by molar-refractivity contribution is -0.147. The fourth-order valence-electron chi connectivity index (χ4n) is 3.06. The molecular weight excluding hydrogens is 343 g/mol. The Morgan fingerprint density at radius 2 is 2.04 bits per heavy atom. The van der Waals surface area contributed by atoms with Crippen molar-refractivity contribution >= 4 is 46.8 Å². The number of amides is 3. The van der Waals surface area contributed by atoms with E-state index in [4.69, 9.17) is 27.9 Å². The zero-order valence-corrected chi connectivity index (χ0v) is 13.8. The van der Waals surface area contributed by atoms with E-state index < -0.39 is 18.0 Å². The third-order valence-electron chi connectivity index (χ3n) is 4.23. The molecule has 0 aromatic heterocycles. The van der Waals surface area contributed by atoms with E-state index in [0.717, 1.165) is 4.90 Å². The Balaban J connectivity index is 1.91. The van der Waals surface area contributed by atoms with Crippen LogP contribution < -0.4 is 4.90 Å². The summed E-state index contributed by atoms with van der Waals surface area (Å²) in [6.07, 6.45) is 0.727. The molecule has 0 saturated carbocycles. The number of carbonyl (C=O) groups excluding carboxylic acids is 3. The van der Waals surface area contributed by atoms with Crippen LogP contribution >= 0.6 is 23.2 Å². The fourth-order valence-corrected chi connectivity index (χ4v) is 3.43. The molecule has 0 radical (unpaired) electrons. The van der Waals surface area contributed by atoms with E-state index in [9.17, 15) is 14.4 Å². The molecule has 0 unspecified atom stereocenters. The molecule has 2 atom stereocenters. The number of imide groups is 1. The van der Waals surface area contributed by atoms with E-state index in [1.54, 1.807) is 6.07 Å². The summed E-state index contributed by atoms with van der Waals surface area (Å²) in [6.45, 7) is 0.323. The van der Waals surface area contributed by atoms with E-state index >= 15 is 0 Å². The van der Waals surface area contributed by atoms with Crippen LogP contribution in [-0.4, -0.2) is 42.5 Å². The number of fused-ring (bicyclic) bond motifs is 1. The zero-order valence-electron chi connectivity index (χ0n) is 12.3. The molecule has 2 saturated heterocycles. The second-order valence-corrected chi connectivity index (χ2v) is 6.35. The van der Waals surface area contributed by atoms with Crippen LogP contribution in [0.15, 0.2) is 18.2 Å². The number of anilines is 1. The number of methoxy groups -OCH3 is 1. The zero-order chi connectivity index (χ0) is 16.7. The molecular formula is C15H14Cl2N2O4. The number of piperidine rings is 1. The van der Waals surface area contributed by atoms with Gasteiger partial charge in [-0.3, -0.25) is 9.59 Å². The third-order valence-corrected chi connectivity index (χ3v) is 4.78. The molecule has 1 aromatic rings. The Kier molecular flexibility index (Phi) is 4.21. The highest BCUT2D eigenvalue weighted by Gasteiger charge is 2.50. The first-order chi connectivity index (χ1) is 10.9. The first kappa shape index (κ1) is 16.1. The van der Waals surface area contributed by atoms with Gasteiger partial charge in [-0.05, 0) is 31.0 Å². The Morgan fingerprint density at radius 1 is 1.30 bits per heavy atom. The number of halogens is 2. The minimum Gasteiger partial charge on any atom is -0.469 e. The molecule has 0 bridgehead atoms. The van der Waals surface area contributed by atoms with E-state index in [0.29, 0.717) is 18.0 Å². The molecule has 23 heavy (non-hydrogen) atoms. The van der Waals surface area contributed by atoms with Crippen LogP contribution in [0.4, 0.5) is 10.5 Å². The maximum Gasteiger partial charge on any atom is 0.332 e. The van der Waals surface area contributed by atoms with E-state index in [2.05, 4.69) is 0 Å². The van der Waals surface area contributed by atoms with Crippen molar-refractivity contribution in [3.8, 4) is 0 Å². The predicted octanol–water partition coefficient (Wildman–Crippen LogP) is 2.71. The number of urea groups is 1. The molecule has 122 valence electrons. The number of benzene rings is 1. The van der Waals surface area contributed by atoms with E-state index in [1.807, 2.05) is 0 Å². The van der Waals surface area contributed by atoms with Gasteiger partial charge in [-0.2, -0.15) is 0 Å². The van der Waals surface area contributed by atoms with Crippen molar-refractivity contribution in [2.75, 3.05) is 18.6 Å². The number of ether oxygens (including phenoxy) is 1. The molecule has 2 heterocycles. The normalized spacial score (nSPS) is 24.0. The molecule has 6 nitrogen and oxygen atoms in total. The summed E-state index contributed by atoms with van der Waals surface area (Å²) in [5, 5.41) is 0.641. The molecule has 0 spiro atoms. The number of rotatable bonds is 2. The van der Waals surface area contributed by atoms with Crippen LogP contribution in [0.2, 0.25) is 10.0 Å². The standard InChI is InChI=1S/C15H14Cl2N2O4/c1-23-14(21)8-4-5-18-12(6-8)13(20)19(15(18)22)11-7-9(16)2-3-10(11)17/h2-3,7-8,12H,4-6H2,1H3/t8-,12-/m0/s1. The first-order valence-electron chi connectivity index (χ1n) is 7.11. The average molecular weight is 357 g/mol. The first-order valence-corrected chi connectivity index (χ1v) is 7.87. The summed E-state index contributed by atoms with van der Waals surface area (Å²) in [4.78, 5) is 39.5. The number of nitrogens with zero attached hydrogens (tertiary/aromatic N) is 2. The lowest BCUT2D eigenvalue weighted by Gasteiger charge is -2.30. The molecule has 8 heteroatoms. The van der Waals surface area contributed by atoms with E-state index in [1.165, 1.54) is 24.1 Å². The van der Waals surface area contributed by atoms with Gasteiger partial charge in [0.1, 0.15) is 6.04 Å². The number of carbonyl (C=O) groups is 3. The highest BCUT2D eigenvalue weighted by atomic mass is 35.5. The molecule has 2 fully saturated rings. The van der Waals surface area contributed by atoms with Crippen molar-refractivity contribution in [2.45, 2.75) is 18.9 Å². The van der Waals surface area contributed by atoms with Crippen LogP contribution in [0.25, 0.3) is 0 Å². The van der Waals surface area contributed by atoms with Crippen molar-refractivity contribution in [1.82, 2.24) is 4.90 Å². The molecule has 0 aliphatic carbocycles. The minimum atomic E-state index is -0.671. The van der Waals surface area contributed by atoms with Gasteiger partial charge in [-0.1, -0.05) is 23.2 Å². The third kappa shape index (κ3) is 2.66. The molecule has 3 rings (SSSR count). The quantitative estimate of drug-likeness (QED) is 0.603. The topological polar surface area (TPSA) is 66.9 Å². The Morgan fingerprint density at radius 3 is 2.74 bits per heavy atom. The monoisotopic (exact) mass is 356 g/mol. The summed E-state index contributed by atoms with van der Waals surface area (Å²) in [5.74, 6) is -1.13. The molecule has 2 aliphatic rings. The molecule has 2 aliphatic heterocycles. The van der Waals surface area contributed by atoms with Crippen molar-refractivity contribution in [2.24, 2.45) is 5.92 Å². The van der Waals surface area contributed by atoms with Crippen LogP contribution in [0.5, 0.6) is 0 Å². The van der Waals surface area contributed by atoms with Gasteiger partial charge < -0.3 is 9.64 Å². The Bertz CT molecular complexity index is 694. The van der Waals surface area contributed by atoms with Crippen LogP contribution in [0.1, 0.15) is 12.8 Å². The summed E-state index contributed by atoms with van der Waals surface area (Å²) in [5.41, 5.74) is 0.262. The molecule has 0 N–H and O–H groups in total. The molecule has 3 amide bonds. The van der Waals surface area contributed by atoms with Crippen LogP contribution in [-0.2, 0) is 14.3 Å². The summed E-state index contributed by atoms with van der Waals surface area (Å²) < 4.78 is 4.74. The Labute approximate surface area is 142 Å². The van der Waals surface area contributed by atoms with Crippen LogP contribution in [0, 0.1) is 5.92 Å². The summed E-state index contributed by atoms with van der Waals surface area (Å²) in [6, 6.07) is 3.49.